The first-order valence-electron chi connectivity index (χ1n) is 10.6. The Morgan fingerprint density at radius 3 is 2.50 bits per heavy atom. The average Bonchev–Trinajstić information content (AvgIpc) is 3.22. The topological polar surface area (TPSA) is 97.4 Å². The Balaban J connectivity index is 1.71. The predicted octanol–water partition coefficient (Wildman–Crippen LogP) is 2.48. The van der Waals surface area contributed by atoms with E-state index in [1.54, 1.807) is 31.3 Å². The van der Waals surface area contributed by atoms with Crippen LogP contribution in [-0.2, 0) is 20.8 Å². The van der Waals surface area contributed by atoms with E-state index in [9.17, 15) is 31.9 Å². The lowest BCUT2D eigenvalue weighted by Gasteiger charge is -2.22. The largest absolute Gasteiger partial charge is 0.479 e. The monoisotopic (exact) mass is 481 g/mol. The lowest BCUT2D eigenvalue weighted by atomic mass is 9.95. The molecule has 0 radical (unpaired) electrons. The van der Waals surface area contributed by atoms with Crippen molar-refractivity contribution in [1.82, 2.24) is 15.6 Å². The first kappa shape index (κ1) is 25.1. The number of nitrogens with zero attached hydrogens (tertiary/aromatic N) is 1. The summed E-state index contributed by atoms with van der Waals surface area (Å²) >= 11 is 0. The molecule has 1 aliphatic rings. The molecule has 7 nitrogen and oxygen atoms in total. The number of ketones is 1. The highest BCUT2D eigenvalue weighted by atomic mass is 19.2. The highest BCUT2D eigenvalue weighted by molar-refractivity contribution is 5.91. The van der Waals surface area contributed by atoms with Gasteiger partial charge in [0.05, 0.1) is 6.04 Å². The molecule has 2 N–H and O–H groups in total. The molecule has 0 unspecified atom stereocenters. The standard InChI is InChI=1S/C23H23F4N3O4/c1-12(8-14-4-2-3-6-28-14)22(32)30-17(9-13-5-7-29-23(13)33)18(31)11-34-21-19(26)15(24)10-16(25)20(21)27/h2-4,6,10,12-13,17H,5,7-9,11H2,1H3,(H,29,33)(H,30,32)/t12-,13-,17-/m0/s1. The first-order valence-corrected chi connectivity index (χ1v) is 10.6. The van der Waals surface area contributed by atoms with E-state index in [2.05, 4.69) is 15.6 Å². The minimum atomic E-state index is -1.79. The molecule has 2 aromatic rings. The molecule has 0 aliphatic carbocycles. The number of rotatable bonds is 10. The molecule has 2 heterocycles. The molecule has 1 fully saturated rings. The van der Waals surface area contributed by atoms with Gasteiger partial charge in [-0.3, -0.25) is 19.4 Å². The van der Waals surface area contributed by atoms with Crippen molar-refractivity contribution in [2.75, 3.05) is 13.2 Å². The maximum absolute atomic E-state index is 13.8. The maximum Gasteiger partial charge on any atom is 0.223 e. The fraction of sp³-hybridized carbons (Fsp3) is 0.391. The summed E-state index contributed by atoms with van der Waals surface area (Å²) in [6, 6.07) is 4.03. The van der Waals surface area contributed by atoms with E-state index in [4.69, 9.17) is 4.74 Å². The SMILES string of the molecule is C[C@@H](Cc1ccccn1)C(=O)N[C@@H](C[C@@H]1CCNC1=O)C(=O)COc1c(F)c(F)cc(F)c1F. The highest BCUT2D eigenvalue weighted by Crippen LogP contribution is 2.26. The second-order valence-electron chi connectivity index (χ2n) is 8.05. The van der Waals surface area contributed by atoms with Gasteiger partial charge in [0.25, 0.3) is 0 Å². The Morgan fingerprint density at radius 1 is 1.21 bits per heavy atom. The summed E-state index contributed by atoms with van der Waals surface area (Å²) in [5, 5.41) is 5.18. The van der Waals surface area contributed by atoms with Gasteiger partial charge in [-0.25, -0.2) is 8.78 Å². The number of pyridine rings is 1. The predicted molar refractivity (Wildman–Crippen MR) is 112 cm³/mol. The van der Waals surface area contributed by atoms with Crippen molar-refractivity contribution < 1.29 is 36.7 Å². The van der Waals surface area contributed by atoms with Crippen molar-refractivity contribution in [2.24, 2.45) is 11.8 Å². The first-order chi connectivity index (χ1) is 16.2. The minimum absolute atomic E-state index is 0.0179. The van der Waals surface area contributed by atoms with E-state index in [-0.39, 0.29) is 24.8 Å². The summed E-state index contributed by atoms with van der Waals surface area (Å²) in [5.41, 5.74) is 0.658. The van der Waals surface area contributed by atoms with Gasteiger partial charge in [-0.2, -0.15) is 8.78 Å². The minimum Gasteiger partial charge on any atom is -0.479 e. The second kappa shape index (κ2) is 11.1. The van der Waals surface area contributed by atoms with Gasteiger partial charge in [0.1, 0.15) is 6.61 Å². The van der Waals surface area contributed by atoms with Crippen LogP contribution in [0.5, 0.6) is 5.75 Å². The van der Waals surface area contributed by atoms with Crippen LogP contribution in [0.15, 0.2) is 30.5 Å². The Bertz CT molecular complexity index is 1040. The fourth-order valence-electron chi connectivity index (χ4n) is 3.59. The molecule has 34 heavy (non-hydrogen) atoms. The van der Waals surface area contributed by atoms with E-state index in [0.29, 0.717) is 18.7 Å². The van der Waals surface area contributed by atoms with Crippen molar-refractivity contribution in [3.63, 3.8) is 0 Å². The zero-order chi connectivity index (χ0) is 24.8. The average molecular weight is 481 g/mol. The molecular formula is C23H23F4N3O4. The highest BCUT2D eigenvalue weighted by Gasteiger charge is 2.33. The molecule has 182 valence electrons. The number of halogens is 4. The number of benzene rings is 1. The number of carbonyl (C=O) groups is 3. The lowest BCUT2D eigenvalue weighted by molar-refractivity contribution is -0.132. The van der Waals surface area contributed by atoms with Crippen LogP contribution in [-0.4, -0.2) is 41.8 Å². The summed E-state index contributed by atoms with van der Waals surface area (Å²) in [5.74, 6) is -11.1. The molecule has 1 aromatic carbocycles. The molecular weight excluding hydrogens is 458 g/mol. The van der Waals surface area contributed by atoms with Gasteiger partial charge in [-0.15, -0.1) is 0 Å². The fourth-order valence-corrected chi connectivity index (χ4v) is 3.59. The second-order valence-corrected chi connectivity index (χ2v) is 8.05. The van der Waals surface area contributed by atoms with E-state index >= 15 is 0 Å². The third-order valence-electron chi connectivity index (χ3n) is 5.51. The summed E-state index contributed by atoms with van der Waals surface area (Å²) in [4.78, 5) is 41.7. The summed E-state index contributed by atoms with van der Waals surface area (Å²) in [7, 11) is 0. The van der Waals surface area contributed by atoms with Gasteiger partial charge < -0.3 is 15.4 Å². The van der Waals surface area contributed by atoms with Gasteiger partial charge in [0.2, 0.25) is 23.4 Å². The number of ether oxygens (including phenoxy) is 1. The normalized spacial score (nSPS) is 17.1. The Labute approximate surface area is 192 Å². The van der Waals surface area contributed by atoms with E-state index in [1.807, 2.05) is 0 Å². The molecule has 0 spiro atoms. The van der Waals surface area contributed by atoms with Crippen LogP contribution in [0.4, 0.5) is 17.6 Å². The van der Waals surface area contributed by atoms with Crippen LogP contribution in [0, 0.1) is 35.1 Å². The van der Waals surface area contributed by atoms with Gasteiger partial charge >= 0.3 is 0 Å². The Morgan fingerprint density at radius 2 is 1.91 bits per heavy atom. The van der Waals surface area contributed by atoms with Gasteiger partial charge in [-0.1, -0.05) is 13.0 Å². The molecule has 3 rings (SSSR count). The van der Waals surface area contributed by atoms with Crippen LogP contribution in [0.25, 0.3) is 0 Å². The van der Waals surface area contributed by atoms with Crippen molar-refractivity contribution >= 4 is 17.6 Å². The van der Waals surface area contributed by atoms with Crippen LogP contribution in [0.1, 0.15) is 25.5 Å². The Kier molecular flexibility index (Phi) is 8.19. The van der Waals surface area contributed by atoms with Crippen molar-refractivity contribution in [3.8, 4) is 5.75 Å². The third-order valence-corrected chi connectivity index (χ3v) is 5.51. The molecule has 2 amide bonds. The zero-order valence-corrected chi connectivity index (χ0v) is 18.2. The number of nitrogens with one attached hydrogen (secondary N) is 2. The van der Waals surface area contributed by atoms with Gasteiger partial charge in [0.15, 0.2) is 23.2 Å². The third kappa shape index (κ3) is 6.09. The molecule has 1 aliphatic heterocycles. The van der Waals surface area contributed by atoms with Crippen molar-refractivity contribution in [2.45, 2.75) is 32.2 Å². The molecule has 0 bridgehead atoms. The number of Topliss-reactive ketones (excluding diaryl/α,β-unsaturated/α-hetero) is 1. The maximum atomic E-state index is 13.8. The Hall–Kier alpha value is -3.50. The molecule has 1 saturated heterocycles. The molecule has 11 heteroatoms. The zero-order valence-electron chi connectivity index (χ0n) is 18.2. The van der Waals surface area contributed by atoms with Crippen molar-refractivity contribution in [3.05, 3.63) is 59.4 Å². The summed E-state index contributed by atoms with van der Waals surface area (Å²) in [6.45, 7) is 1.05. The van der Waals surface area contributed by atoms with Gasteiger partial charge in [0, 0.05) is 42.8 Å². The quantitative estimate of drug-likeness (QED) is 0.402. The van der Waals surface area contributed by atoms with Crippen LogP contribution in [0.3, 0.4) is 0 Å². The number of hydrogen-bond donors (Lipinski definition) is 2. The van der Waals surface area contributed by atoms with E-state index < -0.39 is 65.2 Å². The van der Waals surface area contributed by atoms with Crippen LogP contribution < -0.4 is 15.4 Å². The molecule has 0 saturated carbocycles. The van der Waals surface area contributed by atoms with E-state index in [0.717, 1.165) is 0 Å². The summed E-state index contributed by atoms with van der Waals surface area (Å²) in [6.07, 6.45) is 2.22. The number of hydrogen-bond acceptors (Lipinski definition) is 5. The number of amides is 2. The van der Waals surface area contributed by atoms with Crippen LogP contribution >= 0.6 is 0 Å². The van der Waals surface area contributed by atoms with E-state index in [1.165, 1.54) is 0 Å². The number of carbonyl (C=O) groups excluding carboxylic acids is 3. The van der Waals surface area contributed by atoms with Gasteiger partial charge in [-0.05, 0) is 25.0 Å². The lowest BCUT2D eigenvalue weighted by Crippen LogP contribution is -2.47. The molecule has 3 atom stereocenters. The number of aromatic nitrogens is 1. The van der Waals surface area contributed by atoms with Crippen LogP contribution in [0.2, 0.25) is 0 Å². The molecule has 1 aromatic heterocycles. The smallest absolute Gasteiger partial charge is 0.223 e. The summed E-state index contributed by atoms with van der Waals surface area (Å²) < 4.78 is 59.3. The van der Waals surface area contributed by atoms with Crippen molar-refractivity contribution in [1.29, 1.82) is 0 Å².